The number of aryl methyl sites for hydroxylation is 1. The van der Waals surface area contributed by atoms with E-state index in [2.05, 4.69) is 27.6 Å². The first-order valence-corrected chi connectivity index (χ1v) is 8.99. The van der Waals surface area contributed by atoms with Gasteiger partial charge in [0.2, 0.25) is 0 Å². The molecule has 2 N–H and O–H groups in total. The molecule has 1 fully saturated rings. The van der Waals surface area contributed by atoms with Crippen molar-refractivity contribution in [3.8, 4) is 0 Å². The highest BCUT2D eigenvalue weighted by Crippen LogP contribution is 2.43. The molecular weight excluding hydrogens is 357 g/mol. The maximum atomic E-state index is 12.6. The van der Waals surface area contributed by atoms with E-state index in [-0.39, 0.29) is 5.91 Å². The van der Waals surface area contributed by atoms with Crippen LogP contribution in [0.2, 0.25) is 10.0 Å². The molecule has 1 amide bonds. The van der Waals surface area contributed by atoms with Crippen LogP contribution in [-0.4, -0.2) is 16.1 Å². The normalized spacial score (nSPS) is 14.0. The monoisotopic (exact) mass is 373 g/mol. The number of amides is 1. The Kier molecular flexibility index (Phi) is 4.18. The minimum atomic E-state index is -0.163. The van der Waals surface area contributed by atoms with E-state index in [1.807, 2.05) is 13.1 Å². The quantitative estimate of drug-likeness (QED) is 0.676. The maximum Gasteiger partial charge on any atom is 0.251 e. The van der Waals surface area contributed by atoms with Crippen molar-refractivity contribution in [3.05, 3.63) is 62.8 Å². The first-order valence-electron chi connectivity index (χ1n) is 8.23. The van der Waals surface area contributed by atoms with Gasteiger partial charge in [0, 0.05) is 17.5 Å². The Morgan fingerprint density at radius 3 is 2.84 bits per heavy atom. The van der Waals surface area contributed by atoms with Gasteiger partial charge in [0.15, 0.2) is 0 Å². The molecule has 0 unspecified atom stereocenters. The first kappa shape index (κ1) is 16.4. The van der Waals surface area contributed by atoms with Crippen molar-refractivity contribution in [1.82, 2.24) is 15.5 Å². The Hall–Kier alpha value is -2.04. The molecule has 25 heavy (non-hydrogen) atoms. The number of hydrogen-bond acceptors (Lipinski definition) is 2. The van der Waals surface area contributed by atoms with Crippen LogP contribution < -0.4 is 5.32 Å². The number of H-pyrrole nitrogens is 1. The SMILES string of the molecule is Cc1cc(C(=O)NCc2c(C3CC3)ccc3[nH]ncc23)cc(Cl)c1Cl. The number of aromatic nitrogens is 2. The molecular formula is C19H17Cl2N3O. The van der Waals surface area contributed by atoms with Crippen LogP contribution in [-0.2, 0) is 6.54 Å². The molecule has 0 saturated heterocycles. The van der Waals surface area contributed by atoms with Crippen LogP contribution in [0.25, 0.3) is 10.9 Å². The van der Waals surface area contributed by atoms with Crippen LogP contribution in [0, 0.1) is 6.92 Å². The standard InChI is InChI=1S/C19H17Cl2N3O/c1-10-6-12(7-16(20)18(10)21)19(25)22-8-14-13(11-2-3-11)4-5-17-15(14)9-23-24-17/h4-7,9,11H,2-3,8H2,1H3,(H,22,25)(H,23,24). The molecule has 0 radical (unpaired) electrons. The van der Waals surface area contributed by atoms with Gasteiger partial charge in [0.25, 0.3) is 5.91 Å². The number of rotatable bonds is 4. The minimum absolute atomic E-state index is 0.163. The van der Waals surface area contributed by atoms with Crippen LogP contribution in [0.5, 0.6) is 0 Å². The van der Waals surface area contributed by atoms with Crippen LogP contribution in [0.15, 0.2) is 30.5 Å². The van der Waals surface area contributed by atoms with E-state index >= 15 is 0 Å². The highest BCUT2D eigenvalue weighted by Gasteiger charge is 2.27. The number of halogens is 2. The predicted octanol–water partition coefficient (Wildman–Crippen LogP) is 4.99. The van der Waals surface area contributed by atoms with Crippen molar-refractivity contribution in [2.75, 3.05) is 0 Å². The summed E-state index contributed by atoms with van der Waals surface area (Å²) in [4.78, 5) is 12.6. The second-order valence-electron chi connectivity index (χ2n) is 6.51. The summed E-state index contributed by atoms with van der Waals surface area (Å²) in [6.07, 6.45) is 4.23. The third-order valence-electron chi connectivity index (χ3n) is 4.69. The zero-order valence-corrected chi connectivity index (χ0v) is 15.2. The lowest BCUT2D eigenvalue weighted by Crippen LogP contribution is -2.23. The van der Waals surface area contributed by atoms with Gasteiger partial charge < -0.3 is 5.32 Å². The number of benzene rings is 2. The van der Waals surface area contributed by atoms with E-state index in [9.17, 15) is 4.79 Å². The number of carbonyl (C=O) groups is 1. The highest BCUT2D eigenvalue weighted by molar-refractivity contribution is 6.42. The number of nitrogens with zero attached hydrogens (tertiary/aromatic N) is 1. The Morgan fingerprint density at radius 2 is 2.12 bits per heavy atom. The van der Waals surface area contributed by atoms with Crippen LogP contribution in [0.3, 0.4) is 0 Å². The van der Waals surface area contributed by atoms with Crippen molar-refractivity contribution >= 4 is 40.0 Å². The third-order valence-corrected chi connectivity index (χ3v) is 5.58. The third kappa shape index (κ3) is 3.12. The molecule has 1 saturated carbocycles. The fourth-order valence-corrected chi connectivity index (χ4v) is 3.57. The zero-order valence-electron chi connectivity index (χ0n) is 13.7. The largest absolute Gasteiger partial charge is 0.348 e. The van der Waals surface area contributed by atoms with Gasteiger partial charge in [-0.2, -0.15) is 5.10 Å². The summed E-state index contributed by atoms with van der Waals surface area (Å²) < 4.78 is 0. The Labute approximate surface area is 155 Å². The van der Waals surface area contributed by atoms with Crippen molar-refractivity contribution in [2.45, 2.75) is 32.2 Å². The topological polar surface area (TPSA) is 57.8 Å². The van der Waals surface area contributed by atoms with Gasteiger partial charge >= 0.3 is 0 Å². The molecule has 128 valence electrons. The summed E-state index contributed by atoms with van der Waals surface area (Å²) in [6, 6.07) is 7.56. The lowest BCUT2D eigenvalue weighted by atomic mass is 9.99. The zero-order chi connectivity index (χ0) is 17.6. The lowest BCUT2D eigenvalue weighted by molar-refractivity contribution is 0.0951. The second kappa shape index (κ2) is 6.36. The molecule has 0 atom stereocenters. The lowest BCUT2D eigenvalue weighted by Gasteiger charge is -2.12. The van der Waals surface area contributed by atoms with Crippen molar-refractivity contribution in [2.24, 2.45) is 0 Å². The second-order valence-corrected chi connectivity index (χ2v) is 7.30. The van der Waals surface area contributed by atoms with Crippen molar-refractivity contribution in [1.29, 1.82) is 0 Å². The molecule has 0 spiro atoms. The van der Waals surface area contributed by atoms with Gasteiger partial charge in [-0.3, -0.25) is 9.89 Å². The van der Waals surface area contributed by atoms with Gasteiger partial charge in [-0.25, -0.2) is 0 Å². The minimum Gasteiger partial charge on any atom is -0.348 e. The summed E-state index contributed by atoms with van der Waals surface area (Å²) in [5, 5.41) is 12.1. The smallest absolute Gasteiger partial charge is 0.251 e. The number of fused-ring (bicyclic) bond motifs is 1. The van der Waals surface area contributed by atoms with Gasteiger partial charge in [0.05, 0.1) is 21.8 Å². The summed E-state index contributed by atoms with van der Waals surface area (Å²) in [5.74, 6) is 0.433. The summed E-state index contributed by atoms with van der Waals surface area (Å²) in [6.45, 7) is 2.29. The van der Waals surface area contributed by atoms with Gasteiger partial charge in [-0.15, -0.1) is 0 Å². The summed E-state index contributed by atoms with van der Waals surface area (Å²) in [5.41, 5.74) is 4.73. The molecule has 0 bridgehead atoms. The van der Waals surface area contributed by atoms with E-state index in [0.717, 1.165) is 22.0 Å². The van der Waals surface area contributed by atoms with E-state index in [1.165, 1.54) is 18.4 Å². The van der Waals surface area contributed by atoms with Crippen LogP contribution >= 0.6 is 23.2 Å². The van der Waals surface area contributed by atoms with Crippen LogP contribution in [0.1, 0.15) is 45.8 Å². The molecule has 0 aliphatic heterocycles. The molecule has 2 aromatic carbocycles. The fourth-order valence-electron chi connectivity index (χ4n) is 3.20. The highest BCUT2D eigenvalue weighted by atomic mass is 35.5. The average molecular weight is 374 g/mol. The number of carbonyl (C=O) groups excluding carboxylic acids is 1. The molecule has 4 nitrogen and oxygen atoms in total. The molecule has 1 aliphatic rings. The van der Waals surface area contributed by atoms with Gasteiger partial charge in [-0.05, 0) is 60.6 Å². The average Bonchev–Trinajstić information content (AvgIpc) is 3.33. The van der Waals surface area contributed by atoms with Gasteiger partial charge in [0.1, 0.15) is 0 Å². The van der Waals surface area contributed by atoms with Crippen LogP contribution in [0.4, 0.5) is 0 Å². The number of nitrogens with one attached hydrogen (secondary N) is 2. The number of hydrogen-bond donors (Lipinski definition) is 2. The summed E-state index contributed by atoms with van der Waals surface area (Å²) in [7, 11) is 0. The molecule has 1 heterocycles. The molecule has 4 rings (SSSR count). The Bertz CT molecular complexity index is 953. The van der Waals surface area contributed by atoms with E-state index in [4.69, 9.17) is 23.2 Å². The van der Waals surface area contributed by atoms with E-state index < -0.39 is 0 Å². The predicted molar refractivity (Wildman–Crippen MR) is 100 cm³/mol. The Balaban J connectivity index is 1.61. The Morgan fingerprint density at radius 1 is 1.32 bits per heavy atom. The van der Waals surface area contributed by atoms with E-state index in [0.29, 0.717) is 28.1 Å². The molecule has 3 aromatic rings. The summed E-state index contributed by atoms with van der Waals surface area (Å²) >= 11 is 12.2. The molecule has 1 aromatic heterocycles. The van der Waals surface area contributed by atoms with Crippen molar-refractivity contribution in [3.63, 3.8) is 0 Å². The first-order chi connectivity index (χ1) is 12.0. The fraction of sp³-hybridized carbons (Fsp3) is 0.263. The van der Waals surface area contributed by atoms with Gasteiger partial charge in [-0.1, -0.05) is 29.3 Å². The van der Waals surface area contributed by atoms with E-state index in [1.54, 1.807) is 12.1 Å². The van der Waals surface area contributed by atoms with Crippen molar-refractivity contribution < 1.29 is 4.79 Å². The molecule has 1 aliphatic carbocycles. The number of aromatic amines is 1. The molecule has 6 heteroatoms. The maximum absolute atomic E-state index is 12.6.